The molecule has 162 valence electrons. The number of anilines is 2. The first kappa shape index (κ1) is 22.2. The van der Waals surface area contributed by atoms with Crippen LogP contribution in [0, 0.1) is 13.8 Å². The predicted octanol–water partition coefficient (Wildman–Crippen LogP) is 4.50. The van der Waals surface area contributed by atoms with E-state index in [-0.39, 0.29) is 6.09 Å². The summed E-state index contributed by atoms with van der Waals surface area (Å²) in [5.41, 5.74) is 3.49. The first-order valence-corrected chi connectivity index (χ1v) is 11.4. The zero-order chi connectivity index (χ0) is 21.9. The lowest BCUT2D eigenvalue weighted by molar-refractivity contribution is 0.0240. The van der Waals surface area contributed by atoms with Gasteiger partial charge in [-0.3, -0.25) is 4.72 Å². The molecule has 0 spiro atoms. The minimum absolute atomic E-state index is 0.274. The van der Waals surface area contributed by atoms with E-state index in [1.807, 2.05) is 71.0 Å². The van der Waals surface area contributed by atoms with Crippen molar-refractivity contribution in [2.75, 3.05) is 35.8 Å². The number of para-hydroxylation sites is 2. The van der Waals surface area contributed by atoms with E-state index in [0.29, 0.717) is 26.2 Å². The number of hydrogen-bond donors (Lipinski definition) is 1. The smallest absolute Gasteiger partial charge is 0.410 e. The minimum Gasteiger partial charge on any atom is -0.444 e. The molecule has 1 N–H and O–H groups in total. The van der Waals surface area contributed by atoms with E-state index in [1.165, 1.54) is 0 Å². The Kier molecular flexibility index (Phi) is 6.71. The van der Waals surface area contributed by atoms with Gasteiger partial charge in [-0.1, -0.05) is 18.2 Å². The second-order valence-electron chi connectivity index (χ2n) is 8.67. The summed E-state index contributed by atoms with van der Waals surface area (Å²) in [6.07, 6.45) is -0.274. The van der Waals surface area contributed by atoms with Gasteiger partial charge in [0.1, 0.15) is 16.6 Å². The number of carbonyl (C=O) groups excluding carboxylic acids is 1. The number of piperazine rings is 1. The third kappa shape index (κ3) is 5.75. The third-order valence-electron chi connectivity index (χ3n) is 4.79. The Morgan fingerprint density at radius 1 is 1.00 bits per heavy atom. The van der Waals surface area contributed by atoms with Gasteiger partial charge in [0.05, 0.1) is 16.3 Å². The van der Waals surface area contributed by atoms with Gasteiger partial charge in [0, 0.05) is 26.2 Å². The lowest BCUT2D eigenvalue weighted by Crippen LogP contribution is -2.50. The highest BCUT2D eigenvalue weighted by Crippen LogP contribution is 2.28. The topological polar surface area (TPSA) is 61.9 Å². The van der Waals surface area contributed by atoms with Crippen LogP contribution in [0.3, 0.4) is 0 Å². The third-order valence-corrected chi connectivity index (χ3v) is 5.86. The molecule has 1 fully saturated rings. The maximum Gasteiger partial charge on any atom is 0.410 e. The molecule has 0 radical (unpaired) electrons. The Balaban J connectivity index is 1.69. The van der Waals surface area contributed by atoms with Crippen LogP contribution in [0.15, 0.2) is 47.4 Å². The first-order chi connectivity index (χ1) is 14.1. The molecule has 0 saturated carbocycles. The number of amides is 1. The van der Waals surface area contributed by atoms with Gasteiger partial charge >= 0.3 is 6.09 Å². The van der Waals surface area contributed by atoms with Gasteiger partial charge in [0.2, 0.25) is 0 Å². The highest BCUT2D eigenvalue weighted by atomic mass is 32.2. The molecule has 1 aliphatic rings. The summed E-state index contributed by atoms with van der Waals surface area (Å²) in [6, 6.07) is 13.8. The summed E-state index contributed by atoms with van der Waals surface area (Å²) in [6.45, 7) is 12.2. The Bertz CT molecular complexity index is 911. The van der Waals surface area contributed by atoms with Crippen molar-refractivity contribution in [3.8, 4) is 0 Å². The number of aryl methyl sites for hydroxylation is 2. The van der Waals surface area contributed by atoms with E-state index >= 15 is 0 Å². The molecule has 7 heteroatoms. The Morgan fingerprint density at radius 2 is 1.60 bits per heavy atom. The van der Waals surface area contributed by atoms with Gasteiger partial charge in [-0.15, -0.1) is 0 Å². The van der Waals surface area contributed by atoms with Crippen molar-refractivity contribution in [3.63, 3.8) is 0 Å². The molecule has 2 aromatic rings. The monoisotopic (exact) mass is 429 g/mol. The van der Waals surface area contributed by atoms with Crippen molar-refractivity contribution in [2.24, 2.45) is 0 Å². The summed E-state index contributed by atoms with van der Waals surface area (Å²) >= 11 is 0. The van der Waals surface area contributed by atoms with Crippen LogP contribution in [0.2, 0.25) is 0 Å². The highest BCUT2D eigenvalue weighted by Gasteiger charge is 2.26. The number of rotatable bonds is 4. The maximum absolute atomic E-state index is 12.9. The van der Waals surface area contributed by atoms with Crippen LogP contribution in [0.25, 0.3) is 0 Å². The second-order valence-corrected chi connectivity index (χ2v) is 9.88. The molecule has 3 rings (SSSR count). The molecular formula is C23H31N3O3S. The van der Waals surface area contributed by atoms with Crippen LogP contribution in [0.4, 0.5) is 16.2 Å². The van der Waals surface area contributed by atoms with Gasteiger partial charge in [-0.2, -0.15) is 0 Å². The summed E-state index contributed by atoms with van der Waals surface area (Å²) in [4.78, 5) is 17.0. The van der Waals surface area contributed by atoms with E-state index in [2.05, 4.69) is 15.7 Å². The number of nitrogens with one attached hydrogen (secondary N) is 1. The van der Waals surface area contributed by atoms with Crippen molar-refractivity contribution in [1.82, 2.24) is 4.90 Å². The molecule has 0 aliphatic carbocycles. The van der Waals surface area contributed by atoms with Crippen molar-refractivity contribution in [2.45, 2.75) is 45.1 Å². The van der Waals surface area contributed by atoms with Gasteiger partial charge in [-0.25, -0.2) is 9.00 Å². The Labute approximate surface area is 181 Å². The van der Waals surface area contributed by atoms with Crippen LogP contribution < -0.4 is 9.62 Å². The molecule has 0 bridgehead atoms. The first-order valence-electron chi connectivity index (χ1n) is 10.2. The summed E-state index contributed by atoms with van der Waals surface area (Å²) in [5.74, 6) is 0. The van der Waals surface area contributed by atoms with Crippen LogP contribution in [-0.2, 0) is 15.7 Å². The van der Waals surface area contributed by atoms with Crippen molar-refractivity contribution in [3.05, 3.63) is 53.6 Å². The summed E-state index contributed by atoms with van der Waals surface area (Å²) in [5, 5.41) is 0. The lowest BCUT2D eigenvalue weighted by atomic mass is 10.2. The minimum atomic E-state index is -1.36. The number of benzene rings is 2. The average Bonchev–Trinajstić information content (AvgIpc) is 2.66. The average molecular weight is 430 g/mol. The van der Waals surface area contributed by atoms with Crippen LogP contribution in [0.1, 0.15) is 31.9 Å². The molecule has 6 nitrogen and oxygen atoms in total. The zero-order valence-electron chi connectivity index (χ0n) is 18.4. The standard InChI is InChI=1S/C23H31N3O3S/c1-17-14-18(2)16-19(15-17)30(28)24-20-8-6-7-9-21(20)25-10-12-26(13-11-25)22(27)29-23(3,4)5/h6-9,14-16,24H,10-13H2,1-5H3. The van der Waals surface area contributed by atoms with Crippen LogP contribution in [0.5, 0.6) is 0 Å². The normalized spacial score (nSPS) is 15.6. The predicted molar refractivity (Wildman–Crippen MR) is 122 cm³/mol. The molecule has 1 atom stereocenters. The largest absolute Gasteiger partial charge is 0.444 e. The quantitative estimate of drug-likeness (QED) is 0.778. The molecule has 1 amide bonds. The summed E-state index contributed by atoms with van der Waals surface area (Å²) < 4.78 is 21.6. The molecule has 0 aromatic heterocycles. The van der Waals surface area contributed by atoms with Gasteiger partial charge < -0.3 is 14.5 Å². The van der Waals surface area contributed by atoms with E-state index in [1.54, 1.807) is 4.90 Å². The van der Waals surface area contributed by atoms with Crippen LogP contribution in [-0.4, -0.2) is 47.0 Å². The molecule has 30 heavy (non-hydrogen) atoms. The number of carbonyl (C=O) groups is 1. The number of ether oxygens (including phenoxy) is 1. The second kappa shape index (κ2) is 9.08. The Hall–Kier alpha value is -2.54. The van der Waals surface area contributed by atoms with E-state index in [0.717, 1.165) is 27.4 Å². The van der Waals surface area contributed by atoms with E-state index in [4.69, 9.17) is 4.74 Å². The fourth-order valence-corrected chi connectivity index (χ4v) is 4.57. The molecule has 1 unspecified atom stereocenters. The highest BCUT2D eigenvalue weighted by molar-refractivity contribution is 7.86. The number of hydrogen-bond acceptors (Lipinski definition) is 4. The fraction of sp³-hybridized carbons (Fsp3) is 0.435. The van der Waals surface area contributed by atoms with Crippen molar-refractivity contribution >= 4 is 28.5 Å². The SMILES string of the molecule is Cc1cc(C)cc(S(=O)Nc2ccccc2N2CCN(C(=O)OC(C)(C)C)CC2)c1. The molecule has 2 aromatic carbocycles. The van der Waals surface area contributed by atoms with E-state index < -0.39 is 16.6 Å². The van der Waals surface area contributed by atoms with Crippen LogP contribution >= 0.6 is 0 Å². The van der Waals surface area contributed by atoms with Gasteiger partial charge in [0.15, 0.2) is 0 Å². The van der Waals surface area contributed by atoms with Gasteiger partial charge in [-0.05, 0) is 70.0 Å². The fourth-order valence-electron chi connectivity index (χ4n) is 3.49. The summed E-state index contributed by atoms with van der Waals surface area (Å²) in [7, 11) is -1.36. The van der Waals surface area contributed by atoms with Crippen molar-refractivity contribution in [1.29, 1.82) is 0 Å². The van der Waals surface area contributed by atoms with Gasteiger partial charge in [0.25, 0.3) is 0 Å². The Morgan fingerprint density at radius 3 is 2.20 bits per heavy atom. The zero-order valence-corrected chi connectivity index (χ0v) is 19.2. The molecular weight excluding hydrogens is 398 g/mol. The van der Waals surface area contributed by atoms with Crippen molar-refractivity contribution < 1.29 is 13.7 Å². The molecule has 1 aliphatic heterocycles. The maximum atomic E-state index is 12.9. The molecule has 1 heterocycles. The van der Waals surface area contributed by atoms with E-state index in [9.17, 15) is 9.00 Å². The molecule has 1 saturated heterocycles. The number of nitrogens with zero attached hydrogens (tertiary/aromatic N) is 2. The lowest BCUT2D eigenvalue weighted by Gasteiger charge is -2.37.